The molecule has 28 heavy (non-hydrogen) atoms. The van der Waals surface area contributed by atoms with E-state index in [2.05, 4.69) is 20.4 Å². The van der Waals surface area contributed by atoms with Gasteiger partial charge in [0.05, 0.1) is 18.5 Å². The number of fused-ring (bicyclic) bond motifs is 1. The third-order valence-electron chi connectivity index (χ3n) is 4.45. The topological polar surface area (TPSA) is 81.0 Å². The van der Waals surface area contributed by atoms with Gasteiger partial charge in [-0.2, -0.15) is 14.7 Å². The highest BCUT2D eigenvalue weighted by molar-refractivity contribution is 7.19. The summed E-state index contributed by atoms with van der Waals surface area (Å²) in [6, 6.07) is 20.0. The van der Waals surface area contributed by atoms with E-state index >= 15 is 0 Å². The number of nitrogens with zero attached hydrogens (tertiary/aromatic N) is 5. The van der Waals surface area contributed by atoms with Gasteiger partial charge in [0, 0.05) is 12.0 Å². The molecule has 0 fully saturated rings. The van der Waals surface area contributed by atoms with E-state index in [1.165, 1.54) is 11.3 Å². The minimum atomic E-state index is 0.645. The maximum absolute atomic E-state index is 5.21. The van der Waals surface area contributed by atoms with Gasteiger partial charge in [-0.05, 0) is 23.8 Å². The molecule has 3 aromatic heterocycles. The van der Waals surface area contributed by atoms with Gasteiger partial charge in [0.2, 0.25) is 4.96 Å². The largest absolute Gasteiger partial charge is 0.497 e. The molecule has 0 amide bonds. The van der Waals surface area contributed by atoms with Crippen LogP contribution >= 0.6 is 11.3 Å². The van der Waals surface area contributed by atoms with E-state index in [1.54, 1.807) is 11.6 Å². The fraction of sp³-hybridized carbons (Fsp3) is 0.100. The maximum atomic E-state index is 5.21. The van der Waals surface area contributed by atoms with Gasteiger partial charge in [-0.25, -0.2) is 0 Å². The summed E-state index contributed by atoms with van der Waals surface area (Å²) in [6.07, 6.45) is 0.645. The number of aromatic amines is 1. The first-order chi connectivity index (χ1) is 13.8. The molecule has 0 aliphatic rings. The molecule has 2 aromatic carbocycles. The molecule has 0 atom stereocenters. The number of rotatable bonds is 5. The highest BCUT2D eigenvalue weighted by Crippen LogP contribution is 2.27. The van der Waals surface area contributed by atoms with Gasteiger partial charge in [-0.15, -0.1) is 10.2 Å². The molecule has 0 aliphatic heterocycles. The Labute approximate surface area is 164 Å². The zero-order valence-corrected chi connectivity index (χ0v) is 15.8. The quantitative estimate of drug-likeness (QED) is 0.495. The van der Waals surface area contributed by atoms with Crippen LogP contribution in [0.3, 0.4) is 0 Å². The van der Waals surface area contributed by atoms with Crippen LogP contribution in [0.25, 0.3) is 26.9 Å². The van der Waals surface area contributed by atoms with Gasteiger partial charge in [-0.3, -0.25) is 5.10 Å². The van der Waals surface area contributed by atoms with E-state index in [9.17, 15) is 0 Å². The van der Waals surface area contributed by atoms with Crippen LogP contribution in [0, 0.1) is 0 Å². The van der Waals surface area contributed by atoms with Crippen molar-refractivity contribution in [1.82, 2.24) is 30.0 Å². The summed E-state index contributed by atoms with van der Waals surface area (Å²) >= 11 is 1.48. The van der Waals surface area contributed by atoms with Crippen molar-refractivity contribution in [2.45, 2.75) is 6.42 Å². The minimum Gasteiger partial charge on any atom is -0.497 e. The monoisotopic (exact) mass is 388 g/mol. The molecule has 3 heterocycles. The Morgan fingerprint density at radius 2 is 1.86 bits per heavy atom. The van der Waals surface area contributed by atoms with Crippen molar-refractivity contribution in [3.8, 4) is 27.7 Å². The second-order valence-corrected chi connectivity index (χ2v) is 7.23. The first-order valence-electron chi connectivity index (χ1n) is 8.75. The van der Waals surface area contributed by atoms with Gasteiger partial charge in [0.15, 0.2) is 10.8 Å². The van der Waals surface area contributed by atoms with E-state index in [0.29, 0.717) is 6.42 Å². The van der Waals surface area contributed by atoms with Crippen molar-refractivity contribution >= 4 is 16.3 Å². The standard InChI is InChI=1S/C20H16N6OS/c1-27-15-9-7-13(8-10-15)11-18-23-24-20-26(18)25-19(28-20)17-12-16(21-22-17)14-5-3-2-4-6-14/h2-10,12H,11H2,1H3,(H,21,22). The average Bonchev–Trinajstić information content (AvgIpc) is 3.46. The molecule has 1 N–H and O–H groups in total. The number of ether oxygens (including phenoxy) is 1. The lowest BCUT2D eigenvalue weighted by Crippen LogP contribution is -1.98. The summed E-state index contributed by atoms with van der Waals surface area (Å²) in [5, 5.41) is 21.6. The Morgan fingerprint density at radius 3 is 2.64 bits per heavy atom. The second-order valence-electron chi connectivity index (χ2n) is 6.28. The van der Waals surface area contributed by atoms with Crippen molar-refractivity contribution in [2.75, 3.05) is 7.11 Å². The van der Waals surface area contributed by atoms with Crippen molar-refractivity contribution in [1.29, 1.82) is 0 Å². The lowest BCUT2D eigenvalue weighted by molar-refractivity contribution is 0.414. The molecule has 0 radical (unpaired) electrons. The summed E-state index contributed by atoms with van der Waals surface area (Å²) < 4.78 is 7.01. The molecular formula is C20H16N6OS. The van der Waals surface area contributed by atoms with Crippen LogP contribution < -0.4 is 4.74 Å². The Hall–Kier alpha value is -3.52. The minimum absolute atomic E-state index is 0.645. The van der Waals surface area contributed by atoms with Crippen molar-refractivity contribution < 1.29 is 4.74 Å². The summed E-state index contributed by atoms with van der Waals surface area (Å²) in [7, 11) is 1.66. The molecule has 0 bridgehead atoms. The van der Waals surface area contributed by atoms with Gasteiger partial charge in [0.25, 0.3) is 0 Å². The lowest BCUT2D eigenvalue weighted by atomic mass is 10.1. The fourth-order valence-corrected chi connectivity index (χ4v) is 3.81. The van der Waals surface area contributed by atoms with Crippen molar-refractivity contribution in [3.05, 3.63) is 72.1 Å². The molecule has 0 aliphatic carbocycles. The maximum Gasteiger partial charge on any atom is 0.235 e. The number of benzene rings is 2. The number of aromatic nitrogens is 6. The number of H-pyrrole nitrogens is 1. The van der Waals surface area contributed by atoms with Crippen LogP contribution in [-0.2, 0) is 6.42 Å². The number of hydrogen-bond donors (Lipinski definition) is 1. The molecule has 8 heteroatoms. The van der Waals surface area contributed by atoms with Crippen LogP contribution in [0.1, 0.15) is 11.4 Å². The average molecular weight is 388 g/mol. The van der Waals surface area contributed by atoms with E-state index in [0.717, 1.165) is 44.1 Å². The highest BCUT2D eigenvalue weighted by atomic mass is 32.1. The zero-order chi connectivity index (χ0) is 18.9. The number of hydrogen-bond acceptors (Lipinski definition) is 6. The van der Waals surface area contributed by atoms with Crippen LogP contribution in [0.5, 0.6) is 5.75 Å². The smallest absolute Gasteiger partial charge is 0.235 e. The molecule has 138 valence electrons. The molecule has 7 nitrogen and oxygen atoms in total. The number of methoxy groups -OCH3 is 1. The second kappa shape index (κ2) is 6.90. The Balaban J connectivity index is 1.44. The van der Waals surface area contributed by atoms with Crippen LogP contribution in [0.2, 0.25) is 0 Å². The summed E-state index contributed by atoms with van der Waals surface area (Å²) in [5.74, 6) is 1.63. The molecular weight excluding hydrogens is 372 g/mol. The highest BCUT2D eigenvalue weighted by Gasteiger charge is 2.15. The van der Waals surface area contributed by atoms with Crippen molar-refractivity contribution in [2.24, 2.45) is 0 Å². The number of nitrogens with one attached hydrogen (secondary N) is 1. The molecule has 5 rings (SSSR count). The fourth-order valence-electron chi connectivity index (χ4n) is 2.99. The normalized spacial score (nSPS) is 11.2. The predicted octanol–water partition coefficient (Wildman–Crippen LogP) is 3.84. The Kier molecular flexibility index (Phi) is 4.10. The zero-order valence-electron chi connectivity index (χ0n) is 15.0. The Morgan fingerprint density at radius 1 is 1.04 bits per heavy atom. The predicted molar refractivity (Wildman–Crippen MR) is 107 cm³/mol. The first kappa shape index (κ1) is 16.6. The van der Waals surface area contributed by atoms with Crippen LogP contribution in [0.4, 0.5) is 0 Å². The van der Waals surface area contributed by atoms with Crippen molar-refractivity contribution in [3.63, 3.8) is 0 Å². The van der Waals surface area contributed by atoms with Gasteiger partial charge >= 0.3 is 0 Å². The molecule has 0 saturated carbocycles. The SMILES string of the molecule is COc1ccc(Cc2nnc3sc(-c4cc(-c5ccccc5)n[nH]4)nn23)cc1. The van der Waals surface area contributed by atoms with E-state index in [-0.39, 0.29) is 0 Å². The summed E-state index contributed by atoms with van der Waals surface area (Å²) in [5.41, 5.74) is 3.94. The van der Waals surface area contributed by atoms with E-state index < -0.39 is 0 Å². The first-order valence-corrected chi connectivity index (χ1v) is 9.57. The van der Waals surface area contributed by atoms with Crippen LogP contribution in [-0.4, -0.2) is 37.1 Å². The lowest BCUT2D eigenvalue weighted by Gasteiger charge is -2.01. The molecule has 0 saturated heterocycles. The Bertz CT molecular complexity index is 1220. The summed E-state index contributed by atoms with van der Waals surface area (Å²) in [6.45, 7) is 0. The van der Waals surface area contributed by atoms with Gasteiger partial charge in [0.1, 0.15) is 5.75 Å². The third-order valence-corrected chi connectivity index (χ3v) is 5.39. The molecule has 0 spiro atoms. The summed E-state index contributed by atoms with van der Waals surface area (Å²) in [4.78, 5) is 0.759. The molecule has 5 aromatic rings. The van der Waals surface area contributed by atoms with Gasteiger partial charge in [-0.1, -0.05) is 53.8 Å². The van der Waals surface area contributed by atoms with E-state index in [4.69, 9.17) is 9.84 Å². The van der Waals surface area contributed by atoms with Gasteiger partial charge < -0.3 is 4.74 Å². The third kappa shape index (κ3) is 3.03. The van der Waals surface area contributed by atoms with Crippen LogP contribution in [0.15, 0.2) is 60.7 Å². The molecule has 0 unspecified atom stereocenters. The van der Waals surface area contributed by atoms with E-state index in [1.807, 2.05) is 60.7 Å².